The van der Waals surface area contributed by atoms with Crippen molar-refractivity contribution in [2.45, 2.75) is 25.9 Å². The second kappa shape index (κ2) is 8.38. The van der Waals surface area contributed by atoms with Crippen molar-refractivity contribution in [2.75, 3.05) is 18.6 Å². The predicted molar refractivity (Wildman–Crippen MR) is 100 cm³/mol. The highest BCUT2D eigenvalue weighted by Crippen LogP contribution is 2.21. The lowest BCUT2D eigenvalue weighted by Gasteiger charge is -2.16. The number of methoxy groups -OCH3 is 1. The third kappa shape index (κ3) is 4.33. The zero-order chi connectivity index (χ0) is 18.4. The van der Waals surface area contributed by atoms with Crippen LogP contribution in [0.2, 0.25) is 0 Å². The lowest BCUT2D eigenvalue weighted by atomic mass is 10.2. The molecule has 2 aromatic rings. The van der Waals surface area contributed by atoms with E-state index in [4.69, 9.17) is 4.74 Å². The average Bonchev–Trinajstić information content (AvgIpc) is 3.11. The van der Waals surface area contributed by atoms with Gasteiger partial charge in [-0.25, -0.2) is 4.79 Å². The van der Waals surface area contributed by atoms with Gasteiger partial charge in [-0.3, -0.25) is 4.79 Å². The van der Waals surface area contributed by atoms with Gasteiger partial charge in [0.15, 0.2) is 0 Å². The molecule has 0 aliphatic carbocycles. The molecule has 1 fully saturated rings. The first-order valence-electron chi connectivity index (χ1n) is 8.70. The Balaban J connectivity index is 1.47. The summed E-state index contributed by atoms with van der Waals surface area (Å²) >= 11 is 0. The van der Waals surface area contributed by atoms with E-state index in [1.54, 1.807) is 12.0 Å². The first kappa shape index (κ1) is 17.8. The summed E-state index contributed by atoms with van der Waals surface area (Å²) in [6, 6.07) is 15.0. The van der Waals surface area contributed by atoms with Crippen molar-refractivity contribution >= 4 is 17.6 Å². The van der Waals surface area contributed by atoms with Crippen LogP contribution in [0.3, 0.4) is 0 Å². The maximum atomic E-state index is 12.0. The number of carbonyl (C=O) groups excluding carboxylic acids is 2. The molecule has 3 amide bonds. The normalized spacial score (nSPS) is 13.6. The SMILES string of the molecule is COc1ccccc1CNC(=O)NCc1ccc(N2CCCC2=O)cc1. The third-order valence-electron chi connectivity index (χ3n) is 4.41. The summed E-state index contributed by atoms with van der Waals surface area (Å²) in [7, 11) is 1.61. The van der Waals surface area contributed by atoms with E-state index in [1.165, 1.54) is 0 Å². The van der Waals surface area contributed by atoms with Gasteiger partial charge in [-0.15, -0.1) is 0 Å². The van der Waals surface area contributed by atoms with Crippen molar-refractivity contribution in [3.8, 4) is 5.75 Å². The summed E-state index contributed by atoms with van der Waals surface area (Å²) in [6.07, 6.45) is 1.53. The summed E-state index contributed by atoms with van der Waals surface area (Å²) in [6.45, 7) is 1.60. The van der Waals surface area contributed by atoms with Crippen LogP contribution in [0.15, 0.2) is 48.5 Å². The highest BCUT2D eigenvalue weighted by molar-refractivity contribution is 5.95. The van der Waals surface area contributed by atoms with Crippen LogP contribution in [0.5, 0.6) is 5.75 Å². The Labute approximate surface area is 153 Å². The fraction of sp³-hybridized carbons (Fsp3) is 0.300. The number of nitrogens with one attached hydrogen (secondary N) is 2. The summed E-state index contributed by atoms with van der Waals surface area (Å²) in [5.41, 5.74) is 2.81. The van der Waals surface area contributed by atoms with Crippen LogP contribution in [-0.2, 0) is 17.9 Å². The van der Waals surface area contributed by atoms with Gasteiger partial charge in [0.25, 0.3) is 0 Å². The van der Waals surface area contributed by atoms with E-state index in [0.29, 0.717) is 19.5 Å². The maximum Gasteiger partial charge on any atom is 0.315 e. The van der Waals surface area contributed by atoms with Crippen LogP contribution in [0.1, 0.15) is 24.0 Å². The molecule has 26 heavy (non-hydrogen) atoms. The van der Waals surface area contributed by atoms with Gasteiger partial charge in [-0.1, -0.05) is 30.3 Å². The van der Waals surface area contributed by atoms with E-state index < -0.39 is 0 Å². The van der Waals surface area contributed by atoms with Gasteiger partial charge in [0.2, 0.25) is 5.91 Å². The molecule has 0 aromatic heterocycles. The smallest absolute Gasteiger partial charge is 0.315 e. The number of urea groups is 1. The van der Waals surface area contributed by atoms with E-state index in [0.717, 1.165) is 35.5 Å². The largest absolute Gasteiger partial charge is 0.496 e. The molecule has 6 heteroatoms. The Morgan fingerprint density at radius 3 is 2.50 bits per heavy atom. The summed E-state index contributed by atoms with van der Waals surface area (Å²) < 4.78 is 5.27. The molecule has 3 rings (SSSR count). The Morgan fingerprint density at radius 2 is 1.81 bits per heavy atom. The molecule has 0 unspecified atom stereocenters. The standard InChI is InChI=1S/C20H23N3O3/c1-26-18-6-3-2-5-16(18)14-22-20(25)21-13-15-8-10-17(11-9-15)23-12-4-7-19(23)24/h2-3,5-6,8-11H,4,7,12-14H2,1H3,(H2,21,22,25). The first-order chi connectivity index (χ1) is 12.7. The third-order valence-corrected chi connectivity index (χ3v) is 4.41. The van der Waals surface area contributed by atoms with Gasteiger partial charge >= 0.3 is 6.03 Å². The Morgan fingerprint density at radius 1 is 1.08 bits per heavy atom. The van der Waals surface area contributed by atoms with Crippen LogP contribution >= 0.6 is 0 Å². The number of rotatable bonds is 6. The molecule has 136 valence electrons. The molecule has 6 nitrogen and oxygen atoms in total. The fourth-order valence-corrected chi connectivity index (χ4v) is 2.98. The molecule has 0 atom stereocenters. The van der Waals surface area contributed by atoms with Gasteiger partial charge in [-0.2, -0.15) is 0 Å². The number of anilines is 1. The molecule has 0 radical (unpaired) electrons. The molecule has 1 heterocycles. The molecule has 0 spiro atoms. The van der Waals surface area contributed by atoms with Crippen molar-refractivity contribution < 1.29 is 14.3 Å². The number of amides is 3. The zero-order valence-electron chi connectivity index (χ0n) is 14.8. The van der Waals surface area contributed by atoms with Crippen LogP contribution in [0.4, 0.5) is 10.5 Å². The van der Waals surface area contributed by atoms with E-state index in [9.17, 15) is 9.59 Å². The minimum Gasteiger partial charge on any atom is -0.496 e. The van der Waals surface area contributed by atoms with Crippen LogP contribution < -0.4 is 20.3 Å². The van der Waals surface area contributed by atoms with Crippen LogP contribution in [0.25, 0.3) is 0 Å². The summed E-state index contributed by atoms with van der Waals surface area (Å²) in [5, 5.41) is 5.66. The average molecular weight is 353 g/mol. The van der Waals surface area contributed by atoms with Crippen molar-refractivity contribution in [3.63, 3.8) is 0 Å². The number of nitrogens with zero attached hydrogens (tertiary/aromatic N) is 1. The lowest BCUT2D eigenvalue weighted by Crippen LogP contribution is -2.34. The summed E-state index contributed by atoms with van der Waals surface area (Å²) in [5.74, 6) is 0.923. The maximum absolute atomic E-state index is 12.0. The Hall–Kier alpha value is -3.02. The molecular weight excluding hydrogens is 330 g/mol. The minimum atomic E-state index is -0.241. The molecular formula is C20H23N3O3. The fourth-order valence-electron chi connectivity index (χ4n) is 2.98. The van der Waals surface area contributed by atoms with E-state index in [-0.39, 0.29) is 11.9 Å². The van der Waals surface area contributed by atoms with Gasteiger partial charge in [0.05, 0.1) is 7.11 Å². The highest BCUT2D eigenvalue weighted by Gasteiger charge is 2.21. The van der Waals surface area contributed by atoms with Crippen molar-refractivity contribution in [1.82, 2.24) is 10.6 Å². The zero-order valence-corrected chi connectivity index (χ0v) is 14.8. The van der Waals surface area contributed by atoms with Gasteiger partial charge in [-0.05, 0) is 30.2 Å². The molecule has 0 saturated carbocycles. The van der Waals surface area contributed by atoms with E-state index in [2.05, 4.69) is 10.6 Å². The van der Waals surface area contributed by atoms with Crippen molar-refractivity contribution in [1.29, 1.82) is 0 Å². The van der Waals surface area contributed by atoms with Crippen LogP contribution in [-0.4, -0.2) is 25.6 Å². The molecule has 1 aliphatic heterocycles. The number of carbonyl (C=O) groups is 2. The van der Waals surface area contributed by atoms with Gasteiger partial charge in [0, 0.05) is 37.3 Å². The van der Waals surface area contributed by atoms with E-state index in [1.807, 2.05) is 48.5 Å². The quantitative estimate of drug-likeness (QED) is 0.839. The van der Waals surface area contributed by atoms with Gasteiger partial charge < -0.3 is 20.3 Å². The summed E-state index contributed by atoms with van der Waals surface area (Å²) in [4.78, 5) is 25.6. The van der Waals surface area contributed by atoms with Crippen LogP contribution in [0, 0.1) is 0 Å². The van der Waals surface area contributed by atoms with Gasteiger partial charge in [0.1, 0.15) is 5.75 Å². The molecule has 1 aliphatic rings. The van der Waals surface area contributed by atoms with E-state index >= 15 is 0 Å². The second-order valence-corrected chi connectivity index (χ2v) is 6.16. The highest BCUT2D eigenvalue weighted by atomic mass is 16.5. The monoisotopic (exact) mass is 353 g/mol. The number of para-hydroxylation sites is 1. The number of benzene rings is 2. The second-order valence-electron chi connectivity index (χ2n) is 6.16. The molecule has 2 N–H and O–H groups in total. The van der Waals surface area contributed by atoms with Crippen molar-refractivity contribution in [3.05, 3.63) is 59.7 Å². The van der Waals surface area contributed by atoms with Crippen molar-refractivity contribution in [2.24, 2.45) is 0 Å². The Bertz CT molecular complexity index is 774. The number of ether oxygens (including phenoxy) is 1. The predicted octanol–water partition coefficient (Wildman–Crippen LogP) is 2.82. The number of hydrogen-bond acceptors (Lipinski definition) is 3. The lowest BCUT2D eigenvalue weighted by molar-refractivity contribution is -0.117. The molecule has 1 saturated heterocycles. The first-order valence-corrected chi connectivity index (χ1v) is 8.70. The minimum absolute atomic E-state index is 0.173. The molecule has 0 bridgehead atoms. The number of hydrogen-bond donors (Lipinski definition) is 2. The Kier molecular flexibility index (Phi) is 5.73. The molecule has 2 aromatic carbocycles. The topological polar surface area (TPSA) is 70.7 Å².